The molecule has 1 amide bonds. The van der Waals surface area contributed by atoms with E-state index in [-0.39, 0.29) is 17.4 Å². The van der Waals surface area contributed by atoms with Crippen LogP contribution in [0.3, 0.4) is 0 Å². The third kappa shape index (κ3) is 3.68. The molecule has 0 aromatic heterocycles. The monoisotopic (exact) mass is 437 g/mol. The Morgan fingerprint density at radius 2 is 1.53 bits per heavy atom. The Morgan fingerprint density at radius 3 is 2.12 bits per heavy atom. The van der Waals surface area contributed by atoms with E-state index in [0.717, 1.165) is 31.2 Å². The van der Waals surface area contributed by atoms with Crippen LogP contribution in [0, 0.1) is 0 Å². The van der Waals surface area contributed by atoms with Gasteiger partial charge in [-0.3, -0.25) is 9.59 Å². The van der Waals surface area contributed by atoms with Gasteiger partial charge in [0, 0.05) is 6.04 Å². The number of hydrogen-bond donors (Lipinski definition) is 1. The van der Waals surface area contributed by atoms with Gasteiger partial charge in [0.2, 0.25) is 0 Å². The molecule has 1 saturated heterocycles. The van der Waals surface area contributed by atoms with Gasteiger partial charge in [-0.25, -0.2) is 0 Å². The Hall–Kier alpha value is -3.48. The van der Waals surface area contributed by atoms with Gasteiger partial charge in [-0.05, 0) is 48.7 Å². The molecule has 2 aromatic carbocycles. The predicted octanol–water partition coefficient (Wildman–Crippen LogP) is 4.08. The smallest absolute Gasteiger partial charge is 0.295 e. The fourth-order valence-corrected chi connectivity index (χ4v) is 4.67. The Labute approximate surface area is 187 Å². The topological polar surface area (TPSA) is 85.3 Å². The third-order valence-corrected chi connectivity index (χ3v) is 6.29. The van der Waals surface area contributed by atoms with Crippen molar-refractivity contribution in [2.75, 3.05) is 21.3 Å². The number of carbonyl (C=O) groups excluding carboxylic acids is 2. The van der Waals surface area contributed by atoms with E-state index in [9.17, 15) is 14.7 Å². The molecule has 168 valence electrons. The van der Waals surface area contributed by atoms with Crippen LogP contribution >= 0.6 is 0 Å². The zero-order chi connectivity index (χ0) is 22.8. The minimum Gasteiger partial charge on any atom is -0.507 e. The van der Waals surface area contributed by atoms with E-state index in [2.05, 4.69) is 0 Å². The molecular weight excluding hydrogens is 410 g/mol. The molecule has 4 rings (SSSR count). The summed E-state index contributed by atoms with van der Waals surface area (Å²) in [6, 6.07) is 11.4. The van der Waals surface area contributed by atoms with Crippen molar-refractivity contribution in [3.05, 3.63) is 59.2 Å². The van der Waals surface area contributed by atoms with Gasteiger partial charge < -0.3 is 24.2 Å². The zero-order valence-electron chi connectivity index (χ0n) is 18.5. The predicted molar refractivity (Wildman–Crippen MR) is 119 cm³/mol. The third-order valence-electron chi connectivity index (χ3n) is 6.29. The lowest BCUT2D eigenvalue weighted by Crippen LogP contribution is -2.37. The van der Waals surface area contributed by atoms with Crippen molar-refractivity contribution in [3.63, 3.8) is 0 Å². The molecule has 1 N–H and O–H groups in total. The lowest BCUT2D eigenvalue weighted by atomic mass is 9.94. The van der Waals surface area contributed by atoms with Crippen LogP contribution in [0.4, 0.5) is 0 Å². The largest absolute Gasteiger partial charge is 0.507 e. The highest BCUT2D eigenvalue weighted by molar-refractivity contribution is 6.46. The number of ketones is 1. The fourth-order valence-electron chi connectivity index (χ4n) is 4.67. The van der Waals surface area contributed by atoms with Crippen molar-refractivity contribution in [2.45, 2.75) is 37.8 Å². The zero-order valence-corrected chi connectivity index (χ0v) is 18.5. The highest BCUT2D eigenvalue weighted by Gasteiger charge is 2.49. The average Bonchev–Trinajstić information content (AvgIpc) is 3.45. The molecule has 1 heterocycles. The second-order valence-electron chi connectivity index (χ2n) is 7.98. The molecule has 7 nitrogen and oxygen atoms in total. The number of nitrogens with zero attached hydrogens (tertiary/aromatic N) is 1. The van der Waals surface area contributed by atoms with Crippen LogP contribution < -0.4 is 14.2 Å². The summed E-state index contributed by atoms with van der Waals surface area (Å²) in [5.74, 6) is -0.00937. The maximum Gasteiger partial charge on any atom is 0.295 e. The van der Waals surface area contributed by atoms with Crippen molar-refractivity contribution in [1.29, 1.82) is 0 Å². The molecule has 7 heteroatoms. The van der Waals surface area contributed by atoms with Crippen molar-refractivity contribution in [2.24, 2.45) is 0 Å². The van der Waals surface area contributed by atoms with Crippen LogP contribution in [0.5, 0.6) is 17.2 Å². The molecular formula is C25H27NO6. The Morgan fingerprint density at radius 1 is 0.906 bits per heavy atom. The number of hydrogen-bond acceptors (Lipinski definition) is 6. The number of benzene rings is 2. The average molecular weight is 437 g/mol. The highest BCUT2D eigenvalue weighted by atomic mass is 16.5. The molecule has 0 spiro atoms. The summed E-state index contributed by atoms with van der Waals surface area (Å²) in [5.41, 5.74) is 1.09. The second kappa shape index (κ2) is 8.94. The quantitative estimate of drug-likeness (QED) is 0.417. The number of aliphatic hydroxyl groups excluding tert-OH is 1. The van der Waals surface area contributed by atoms with E-state index in [1.54, 1.807) is 42.3 Å². The van der Waals surface area contributed by atoms with Gasteiger partial charge in [-0.1, -0.05) is 25.0 Å². The molecule has 1 aliphatic heterocycles. The van der Waals surface area contributed by atoms with Crippen LogP contribution in [0.2, 0.25) is 0 Å². The first-order valence-electron chi connectivity index (χ1n) is 10.7. The first-order valence-corrected chi connectivity index (χ1v) is 10.7. The van der Waals surface area contributed by atoms with E-state index in [4.69, 9.17) is 14.2 Å². The van der Waals surface area contributed by atoms with Crippen LogP contribution in [-0.2, 0) is 9.59 Å². The van der Waals surface area contributed by atoms with Crippen molar-refractivity contribution >= 4 is 17.4 Å². The minimum atomic E-state index is -0.695. The molecule has 2 fully saturated rings. The number of aliphatic hydroxyl groups is 1. The maximum absolute atomic E-state index is 13.2. The number of likely N-dealkylation sites (tertiary alicyclic amines) is 1. The fraction of sp³-hybridized carbons (Fsp3) is 0.360. The molecule has 32 heavy (non-hydrogen) atoms. The van der Waals surface area contributed by atoms with E-state index < -0.39 is 17.7 Å². The van der Waals surface area contributed by atoms with Gasteiger partial charge in [0.05, 0.1) is 38.5 Å². The SMILES string of the molecule is COc1ccc(C2/C(=C(\O)c3cc(OC)ccc3OC)C(=O)C(=O)N2C2CCCC2)cc1. The molecule has 0 radical (unpaired) electrons. The Balaban J connectivity index is 1.91. The van der Waals surface area contributed by atoms with Crippen molar-refractivity contribution < 1.29 is 28.9 Å². The number of rotatable bonds is 6. The summed E-state index contributed by atoms with van der Waals surface area (Å²) in [6.07, 6.45) is 3.68. The number of Topliss-reactive ketones (excluding diaryl/α,β-unsaturated/α-hetero) is 1. The minimum absolute atomic E-state index is 0.0453. The summed E-state index contributed by atoms with van der Waals surface area (Å²) in [5, 5.41) is 11.4. The highest BCUT2D eigenvalue weighted by Crippen LogP contribution is 2.45. The molecule has 1 unspecified atom stereocenters. The number of amides is 1. The normalized spacial score (nSPS) is 20.6. The molecule has 2 aromatic rings. The van der Waals surface area contributed by atoms with Crippen LogP contribution in [0.15, 0.2) is 48.0 Å². The van der Waals surface area contributed by atoms with E-state index in [1.807, 2.05) is 12.1 Å². The summed E-state index contributed by atoms with van der Waals surface area (Å²) < 4.78 is 16.0. The van der Waals surface area contributed by atoms with Crippen molar-refractivity contribution in [1.82, 2.24) is 4.90 Å². The van der Waals surface area contributed by atoms with E-state index in [1.165, 1.54) is 14.2 Å². The standard InChI is InChI=1S/C25H27NO6/c1-30-17-10-8-15(9-11-17)22-21(24(28)25(29)26(22)16-6-4-5-7-16)23(27)19-14-18(31-2)12-13-20(19)32-3/h8-14,16,22,27H,4-7H2,1-3H3/b23-21+. The Kier molecular flexibility index (Phi) is 6.08. The van der Waals surface area contributed by atoms with Gasteiger partial charge in [0.25, 0.3) is 11.7 Å². The molecule has 2 aliphatic rings. The van der Waals surface area contributed by atoms with E-state index >= 15 is 0 Å². The molecule has 1 saturated carbocycles. The van der Waals surface area contributed by atoms with E-state index in [0.29, 0.717) is 22.8 Å². The first-order chi connectivity index (χ1) is 15.5. The van der Waals surface area contributed by atoms with Crippen LogP contribution in [0.25, 0.3) is 5.76 Å². The van der Waals surface area contributed by atoms with Gasteiger partial charge >= 0.3 is 0 Å². The number of methoxy groups -OCH3 is 3. The number of ether oxygens (including phenoxy) is 3. The molecule has 1 aliphatic carbocycles. The lowest BCUT2D eigenvalue weighted by molar-refractivity contribution is -0.141. The van der Waals surface area contributed by atoms with Gasteiger partial charge in [-0.2, -0.15) is 0 Å². The van der Waals surface area contributed by atoms with Crippen LogP contribution in [0.1, 0.15) is 42.9 Å². The second-order valence-corrected chi connectivity index (χ2v) is 7.98. The molecule has 0 bridgehead atoms. The van der Waals surface area contributed by atoms with Gasteiger partial charge in [0.15, 0.2) is 0 Å². The van der Waals surface area contributed by atoms with Gasteiger partial charge in [0.1, 0.15) is 23.0 Å². The van der Waals surface area contributed by atoms with Gasteiger partial charge in [-0.15, -0.1) is 0 Å². The van der Waals surface area contributed by atoms with Crippen molar-refractivity contribution in [3.8, 4) is 17.2 Å². The summed E-state index contributed by atoms with van der Waals surface area (Å²) in [7, 11) is 4.58. The van der Waals surface area contributed by atoms with Crippen LogP contribution in [-0.4, -0.2) is 49.1 Å². The molecule has 1 atom stereocenters. The lowest BCUT2D eigenvalue weighted by Gasteiger charge is -2.30. The summed E-state index contributed by atoms with van der Waals surface area (Å²) >= 11 is 0. The Bertz CT molecular complexity index is 1050. The summed E-state index contributed by atoms with van der Waals surface area (Å²) in [4.78, 5) is 28.1. The first kappa shape index (κ1) is 21.7. The maximum atomic E-state index is 13.2. The number of carbonyl (C=O) groups is 2. The summed E-state index contributed by atoms with van der Waals surface area (Å²) in [6.45, 7) is 0.